The highest BCUT2D eigenvalue weighted by atomic mass is 32.2. The molecule has 3 unspecified atom stereocenters. The van der Waals surface area contributed by atoms with Gasteiger partial charge >= 0.3 is 11.9 Å². The topological polar surface area (TPSA) is 186 Å². The molecule has 1 heterocycles. The van der Waals surface area contributed by atoms with Crippen LogP contribution >= 0.6 is 0 Å². The Bertz CT molecular complexity index is 1480. The fraction of sp³-hybridized carbons (Fsp3) is 0.617. The van der Waals surface area contributed by atoms with Crippen LogP contribution < -0.4 is 0 Å². The van der Waals surface area contributed by atoms with E-state index in [1.165, 1.54) is 25.7 Å². The van der Waals surface area contributed by atoms with Crippen LogP contribution in [0.1, 0.15) is 129 Å². The highest BCUT2D eigenvalue weighted by molar-refractivity contribution is 7.85. The number of ether oxygens (including phenoxy) is 4. The smallest absolute Gasteiger partial charge is 0.306 e. The predicted octanol–water partition coefficient (Wildman–Crippen LogP) is 8.66. The molecule has 60 heavy (non-hydrogen) atoms. The Morgan fingerprint density at radius 2 is 1.10 bits per heavy atom. The maximum absolute atomic E-state index is 12.7. The molecular weight excluding hydrogens is 789 g/mol. The predicted molar refractivity (Wildman–Crippen MR) is 237 cm³/mol. The Hall–Kier alpha value is -3.43. The summed E-state index contributed by atoms with van der Waals surface area (Å²) in [6.45, 7) is 3.41. The summed E-state index contributed by atoms with van der Waals surface area (Å²) in [7, 11) is -4.62. The standard InChI is InChI=1S/C47H74O12S/c1-3-5-7-9-11-13-15-17-18-19-20-21-22-24-25-27-29-31-33-35-42(48)56-37-40(38-57-47-46(52)45(51)44(50)41(59-47)39-60(53,54)55)58-43(49)36-34-32-30-28-26-23-16-14-12-10-8-6-4-2/h5-8,10-14,16-18,23,26,28,30,40-41,44-47,50-52H,3-4,9,15,19-22,24-25,27,29,31-39H2,1-2H3,(H,53,54,55)/b7-5+,8-6+,12-10+,13-11+,16-14+,18-17+,26-23+,30-28+/t40?,41-,44-,45?,46?,47+/m1/s1. The van der Waals surface area contributed by atoms with Gasteiger partial charge < -0.3 is 34.3 Å². The van der Waals surface area contributed by atoms with Gasteiger partial charge in [-0.3, -0.25) is 14.1 Å². The van der Waals surface area contributed by atoms with E-state index in [2.05, 4.69) is 56.4 Å². The number of unbranched alkanes of at least 4 members (excludes halogenated alkanes) is 10. The van der Waals surface area contributed by atoms with Gasteiger partial charge in [0.15, 0.2) is 12.4 Å². The number of carbonyl (C=O) groups is 2. The van der Waals surface area contributed by atoms with Crippen molar-refractivity contribution in [3.63, 3.8) is 0 Å². The number of aliphatic hydroxyl groups is 3. The second-order valence-electron chi connectivity index (χ2n) is 14.7. The van der Waals surface area contributed by atoms with Crippen molar-refractivity contribution in [2.45, 2.75) is 166 Å². The average molecular weight is 863 g/mol. The number of allylic oxidation sites excluding steroid dienone is 16. The van der Waals surface area contributed by atoms with Crippen LogP contribution in [0.25, 0.3) is 0 Å². The van der Waals surface area contributed by atoms with Gasteiger partial charge in [-0.1, -0.05) is 156 Å². The molecule has 1 aliphatic heterocycles. The Morgan fingerprint density at radius 3 is 1.72 bits per heavy atom. The van der Waals surface area contributed by atoms with Crippen molar-refractivity contribution in [2.24, 2.45) is 0 Å². The molecule has 1 aliphatic rings. The van der Waals surface area contributed by atoms with E-state index in [4.69, 9.17) is 18.9 Å². The molecule has 12 nitrogen and oxygen atoms in total. The molecule has 0 radical (unpaired) electrons. The second-order valence-corrected chi connectivity index (χ2v) is 16.2. The summed E-state index contributed by atoms with van der Waals surface area (Å²) in [4.78, 5) is 25.3. The lowest BCUT2D eigenvalue weighted by Gasteiger charge is -2.40. The van der Waals surface area contributed by atoms with E-state index in [0.29, 0.717) is 19.3 Å². The van der Waals surface area contributed by atoms with E-state index < -0.39 is 71.2 Å². The van der Waals surface area contributed by atoms with Crippen LogP contribution in [0.3, 0.4) is 0 Å². The maximum Gasteiger partial charge on any atom is 0.306 e. The lowest BCUT2D eigenvalue weighted by Crippen LogP contribution is -2.60. The summed E-state index contributed by atoms with van der Waals surface area (Å²) >= 11 is 0. The first-order chi connectivity index (χ1) is 29.0. The van der Waals surface area contributed by atoms with Crippen molar-refractivity contribution < 1.29 is 56.8 Å². The molecule has 4 N–H and O–H groups in total. The fourth-order valence-corrected chi connectivity index (χ4v) is 6.65. The summed E-state index contributed by atoms with van der Waals surface area (Å²) in [6.07, 6.45) is 39.0. The minimum absolute atomic E-state index is 0.0610. The van der Waals surface area contributed by atoms with Crippen LogP contribution in [0.15, 0.2) is 97.2 Å². The van der Waals surface area contributed by atoms with Gasteiger partial charge in [-0.2, -0.15) is 8.42 Å². The molecule has 0 aromatic rings. The monoisotopic (exact) mass is 862 g/mol. The Balaban J connectivity index is 2.48. The van der Waals surface area contributed by atoms with E-state index >= 15 is 0 Å². The zero-order valence-corrected chi connectivity index (χ0v) is 36.8. The normalized spacial score (nSPS) is 21.1. The first-order valence-corrected chi connectivity index (χ1v) is 23.5. The third-order valence-electron chi connectivity index (χ3n) is 9.29. The third kappa shape index (κ3) is 30.6. The molecular formula is C47H74O12S. The quantitative estimate of drug-likeness (QED) is 0.0159. The number of carbonyl (C=O) groups excluding carboxylic acids is 2. The van der Waals surface area contributed by atoms with Gasteiger partial charge in [-0.15, -0.1) is 0 Å². The molecule has 13 heteroatoms. The fourth-order valence-electron chi connectivity index (χ4n) is 5.95. The van der Waals surface area contributed by atoms with Gasteiger partial charge in [-0.05, 0) is 57.8 Å². The summed E-state index contributed by atoms with van der Waals surface area (Å²) in [5, 5.41) is 30.8. The van der Waals surface area contributed by atoms with Crippen LogP contribution in [-0.2, 0) is 38.7 Å². The zero-order valence-electron chi connectivity index (χ0n) is 36.0. The molecule has 0 bridgehead atoms. The highest BCUT2D eigenvalue weighted by Crippen LogP contribution is 2.24. The average Bonchev–Trinajstić information content (AvgIpc) is 3.21. The Morgan fingerprint density at radius 1 is 0.583 bits per heavy atom. The molecule has 0 aliphatic carbocycles. The highest BCUT2D eigenvalue weighted by Gasteiger charge is 2.46. The van der Waals surface area contributed by atoms with Gasteiger partial charge in [0, 0.05) is 12.8 Å². The SMILES string of the molecule is CC/C=C/C=C/C=C/C=C/C=C/CCCC(=O)OC(COC(=O)CCCCCCCCCCC/C=C/C/C=C/C/C=C/CC)CO[C@H]1O[C@H](CS(=O)(=O)O)[C@@H](O)C(O)C1O. The molecule has 0 spiro atoms. The van der Waals surface area contributed by atoms with Crippen molar-refractivity contribution in [3.05, 3.63) is 97.2 Å². The number of hydrogen-bond donors (Lipinski definition) is 4. The van der Waals surface area contributed by atoms with Crippen LogP contribution in [-0.4, -0.2) is 96.0 Å². The van der Waals surface area contributed by atoms with Gasteiger partial charge in [0.2, 0.25) is 0 Å². The minimum Gasteiger partial charge on any atom is -0.462 e. The van der Waals surface area contributed by atoms with Crippen LogP contribution in [0.5, 0.6) is 0 Å². The van der Waals surface area contributed by atoms with E-state index in [1.54, 1.807) is 0 Å². The molecule has 0 amide bonds. The molecule has 1 saturated heterocycles. The summed E-state index contributed by atoms with van der Waals surface area (Å²) in [5.74, 6) is -2.10. The van der Waals surface area contributed by atoms with Gasteiger partial charge in [0.25, 0.3) is 10.1 Å². The first kappa shape index (κ1) is 54.6. The molecule has 0 aromatic carbocycles. The van der Waals surface area contributed by atoms with Crippen molar-refractivity contribution in [1.82, 2.24) is 0 Å². The van der Waals surface area contributed by atoms with Crippen LogP contribution in [0, 0.1) is 0 Å². The van der Waals surface area contributed by atoms with Crippen molar-refractivity contribution >= 4 is 22.1 Å². The van der Waals surface area contributed by atoms with E-state index in [0.717, 1.165) is 57.8 Å². The molecule has 340 valence electrons. The number of esters is 2. The number of rotatable bonds is 34. The largest absolute Gasteiger partial charge is 0.462 e. The van der Waals surface area contributed by atoms with Crippen LogP contribution in [0.2, 0.25) is 0 Å². The van der Waals surface area contributed by atoms with Gasteiger partial charge in [-0.25, -0.2) is 0 Å². The summed E-state index contributed by atoms with van der Waals surface area (Å²) in [5.41, 5.74) is 0. The van der Waals surface area contributed by atoms with Gasteiger partial charge in [0.05, 0.1) is 6.61 Å². The first-order valence-electron chi connectivity index (χ1n) is 21.9. The second kappa shape index (κ2) is 36.2. The molecule has 0 saturated carbocycles. The number of hydrogen-bond acceptors (Lipinski definition) is 11. The molecule has 1 fully saturated rings. The zero-order chi connectivity index (χ0) is 44.1. The summed E-state index contributed by atoms with van der Waals surface area (Å²) < 4.78 is 53.9. The number of aliphatic hydroxyl groups excluding tert-OH is 3. The van der Waals surface area contributed by atoms with Crippen molar-refractivity contribution in [1.29, 1.82) is 0 Å². The maximum atomic E-state index is 12.7. The Labute approximate surface area is 360 Å². The minimum atomic E-state index is -4.62. The van der Waals surface area contributed by atoms with Crippen LogP contribution in [0.4, 0.5) is 0 Å². The van der Waals surface area contributed by atoms with Crippen molar-refractivity contribution in [2.75, 3.05) is 19.0 Å². The van der Waals surface area contributed by atoms with Gasteiger partial charge in [0.1, 0.15) is 36.8 Å². The van der Waals surface area contributed by atoms with Crippen molar-refractivity contribution in [3.8, 4) is 0 Å². The summed E-state index contributed by atoms with van der Waals surface area (Å²) in [6, 6.07) is 0. The Kier molecular flexibility index (Phi) is 33.0. The lowest BCUT2D eigenvalue weighted by molar-refractivity contribution is -0.297. The molecule has 6 atom stereocenters. The molecule has 1 rings (SSSR count). The third-order valence-corrected chi connectivity index (χ3v) is 10.0. The van der Waals surface area contributed by atoms with E-state index in [1.807, 2.05) is 54.7 Å². The lowest BCUT2D eigenvalue weighted by atomic mass is 10.00. The van der Waals surface area contributed by atoms with E-state index in [9.17, 15) is 37.9 Å². The molecule has 0 aromatic heterocycles. The van der Waals surface area contributed by atoms with E-state index in [-0.39, 0.29) is 19.4 Å².